The Morgan fingerprint density at radius 2 is 1.69 bits per heavy atom. The molecular weight excluding hydrogens is 648 g/mol. The van der Waals surface area contributed by atoms with Crippen molar-refractivity contribution in [2.75, 3.05) is 25.4 Å². The molecule has 1 fully saturated rings. The van der Waals surface area contributed by atoms with Gasteiger partial charge >= 0.3 is 0 Å². The van der Waals surface area contributed by atoms with Gasteiger partial charge in [0.1, 0.15) is 5.52 Å². The van der Waals surface area contributed by atoms with E-state index < -0.39 is 27.1 Å². The van der Waals surface area contributed by atoms with Crippen molar-refractivity contribution in [3.05, 3.63) is 104 Å². The van der Waals surface area contributed by atoms with Crippen LogP contribution in [0.3, 0.4) is 0 Å². The van der Waals surface area contributed by atoms with Crippen LogP contribution in [-0.4, -0.2) is 82.6 Å². The van der Waals surface area contributed by atoms with E-state index in [9.17, 15) is 29.8 Å². The number of unbranched alkanes of at least 4 members (excludes halogenated alkanes) is 1. The van der Waals surface area contributed by atoms with Crippen LogP contribution in [0.4, 0.5) is 11.4 Å². The molecule has 0 bridgehead atoms. The molecule has 49 heavy (non-hydrogen) atoms. The fraction of sp³-hybridized carbons (Fsp3) is 0.324. The van der Waals surface area contributed by atoms with Gasteiger partial charge in [-0.2, -0.15) is 0 Å². The van der Waals surface area contributed by atoms with E-state index in [0.29, 0.717) is 43.4 Å². The van der Waals surface area contributed by atoms with Crippen molar-refractivity contribution in [3.63, 3.8) is 0 Å². The average molecular weight is 683 g/mol. The van der Waals surface area contributed by atoms with Gasteiger partial charge in [0.2, 0.25) is 11.1 Å². The van der Waals surface area contributed by atoms with Crippen molar-refractivity contribution in [3.8, 4) is 0 Å². The molecule has 3 heterocycles. The second-order valence-corrected chi connectivity index (χ2v) is 13.2. The maximum absolute atomic E-state index is 13.2. The number of hydrogen-bond acceptors (Lipinski definition) is 10. The number of fused-ring (bicyclic) bond motifs is 3. The number of carbonyl (C=O) groups is 2. The smallest absolute Gasteiger partial charge is 0.277 e. The third-order valence-corrected chi connectivity index (χ3v) is 9.53. The summed E-state index contributed by atoms with van der Waals surface area (Å²) in [5.74, 6) is 0.149. The van der Waals surface area contributed by atoms with Crippen LogP contribution in [0.2, 0.25) is 0 Å². The van der Waals surface area contributed by atoms with Gasteiger partial charge in [-0.05, 0) is 38.3 Å². The predicted molar refractivity (Wildman–Crippen MR) is 185 cm³/mol. The molecule has 0 saturated carbocycles. The number of hydrogen-bond donors (Lipinski definition) is 0. The van der Waals surface area contributed by atoms with Crippen molar-refractivity contribution in [2.24, 2.45) is 0 Å². The first kappa shape index (κ1) is 33.5. The predicted octanol–water partition coefficient (Wildman–Crippen LogP) is 5.79. The Morgan fingerprint density at radius 1 is 0.939 bits per heavy atom. The number of thioether (sulfide) groups is 1. The minimum absolute atomic E-state index is 0.0186. The van der Waals surface area contributed by atoms with E-state index >= 15 is 0 Å². The third-order valence-electron chi connectivity index (χ3n) is 8.61. The largest absolute Gasteiger partial charge is 0.339 e. The second-order valence-electron chi connectivity index (χ2n) is 12.1. The highest BCUT2D eigenvalue weighted by Crippen LogP contribution is 2.29. The SMILES string of the molecule is Cc1cccc(Cn2c3ccccc3c3nnc(SCCCCC(=O)N4CCN(C(=O)c5cc([N+](=O)[O-])cc([N+](=O)[O-])c5)C(C)C4)nc32)c1. The van der Waals surface area contributed by atoms with Gasteiger partial charge in [-0.25, -0.2) is 4.98 Å². The molecule has 0 radical (unpaired) electrons. The van der Waals surface area contributed by atoms with Crippen LogP contribution < -0.4 is 0 Å². The molecule has 1 atom stereocenters. The molecule has 1 aliphatic rings. The monoisotopic (exact) mass is 682 g/mol. The summed E-state index contributed by atoms with van der Waals surface area (Å²) in [7, 11) is 0. The average Bonchev–Trinajstić information content (AvgIpc) is 3.39. The number of amides is 2. The number of rotatable bonds is 11. The number of aryl methyl sites for hydroxylation is 1. The van der Waals surface area contributed by atoms with Gasteiger partial charge < -0.3 is 14.4 Å². The summed E-state index contributed by atoms with van der Waals surface area (Å²) >= 11 is 1.51. The highest BCUT2D eigenvalue weighted by Gasteiger charge is 2.32. The Hall–Kier alpha value is -5.44. The third kappa shape index (κ3) is 7.36. The lowest BCUT2D eigenvalue weighted by molar-refractivity contribution is -0.394. The van der Waals surface area contributed by atoms with Crippen molar-refractivity contribution < 1.29 is 19.4 Å². The minimum atomic E-state index is -0.765. The lowest BCUT2D eigenvalue weighted by Crippen LogP contribution is -2.55. The Bertz CT molecular complexity index is 2050. The molecule has 14 nitrogen and oxygen atoms in total. The van der Waals surface area contributed by atoms with Crippen molar-refractivity contribution in [2.45, 2.75) is 50.9 Å². The molecule has 5 aromatic rings. The van der Waals surface area contributed by atoms with Crippen LogP contribution in [0.25, 0.3) is 22.1 Å². The van der Waals surface area contributed by atoms with E-state index in [2.05, 4.69) is 52.0 Å². The molecule has 0 aliphatic carbocycles. The number of benzene rings is 3. The van der Waals surface area contributed by atoms with E-state index in [-0.39, 0.29) is 24.1 Å². The number of para-hydroxylation sites is 1. The van der Waals surface area contributed by atoms with Gasteiger partial charge in [-0.15, -0.1) is 10.2 Å². The lowest BCUT2D eigenvalue weighted by Gasteiger charge is -2.40. The topological polar surface area (TPSA) is 171 Å². The molecule has 1 aliphatic heterocycles. The maximum atomic E-state index is 13.2. The lowest BCUT2D eigenvalue weighted by atomic mass is 10.1. The zero-order valence-electron chi connectivity index (χ0n) is 27.0. The van der Waals surface area contributed by atoms with Gasteiger partial charge in [0.15, 0.2) is 5.65 Å². The Balaban J connectivity index is 1.02. The zero-order chi connectivity index (χ0) is 34.7. The first-order chi connectivity index (χ1) is 23.6. The summed E-state index contributed by atoms with van der Waals surface area (Å²) in [6.07, 6.45) is 1.78. The number of carbonyl (C=O) groups excluding carboxylic acids is 2. The van der Waals surface area contributed by atoms with Crippen LogP contribution in [0.5, 0.6) is 0 Å². The van der Waals surface area contributed by atoms with Crippen LogP contribution in [0.15, 0.2) is 71.9 Å². The fourth-order valence-corrected chi connectivity index (χ4v) is 6.97. The highest BCUT2D eigenvalue weighted by atomic mass is 32.2. The molecule has 0 spiro atoms. The molecular formula is C34H34N8O6S. The highest BCUT2D eigenvalue weighted by molar-refractivity contribution is 7.99. The first-order valence-electron chi connectivity index (χ1n) is 15.9. The van der Waals surface area contributed by atoms with Gasteiger partial charge in [-0.1, -0.05) is 59.8 Å². The van der Waals surface area contributed by atoms with E-state index in [1.54, 1.807) is 11.8 Å². The summed E-state index contributed by atoms with van der Waals surface area (Å²) in [5, 5.41) is 33.1. The number of nitro benzene ring substituents is 2. The van der Waals surface area contributed by atoms with Crippen molar-refractivity contribution in [1.29, 1.82) is 0 Å². The summed E-state index contributed by atoms with van der Waals surface area (Å²) < 4.78 is 2.18. The Labute approximate surface area is 285 Å². The zero-order valence-corrected chi connectivity index (χ0v) is 27.8. The van der Waals surface area contributed by atoms with E-state index in [1.165, 1.54) is 27.8 Å². The quantitative estimate of drug-likeness (QED) is 0.0719. The fourth-order valence-electron chi connectivity index (χ4n) is 6.18. The van der Waals surface area contributed by atoms with Crippen LogP contribution in [0.1, 0.15) is 47.7 Å². The Morgan fingerprint density at radius 3 is 2.41 bits per heavy atom. The van der Waals surface area contributed by atoms with Crippen LogP contribution in [-0.2, 0) is 11.3 Å². The number of piperazine rings is 1. The minimum Gasteiger partial charge on any atom is -0.339 e. The summed E-state index contributed by atoms with van der Waals surface area (Å²) in [6.45, 7) is 5.34. The molecule has 15 heteroatoms. The maximum Gasteiger partial charge on any atom is 0.277 e. The van der Waals surface area contributed by atoms with Crippen LogP contribution in [0, 0.1) is 27.2 Å². The van der Waals surface area contributed by atoms with Gasteiger partial charge in [0.25, 0.3) is 17.3 Å². The molecule has 252 valence electrons. The molecule has 1 saturated heterocycles. The summed E-state index contributed by atoms with van der Waals surface area (Å²) in [4.78, 5) is 55.3. The Kier molecular flexibility index (Phi) is 9.80. The normalized spacial score (nSPS) is 14.8. The number of nitrogens with zero attached hydrogens (tertiary/aromatic N) is 8. The number of non-ortho nitro benzene ring substituents is 2. The molecule has 2 aromatic heterocycles. The molecule has 2 amide bonds. The molecule has 1 unspecified atom stereocenters. The summed E-state index contributed by atoms with van der Waals surface area (Å²) in [5.41, 5.74) is 3.79. The molecule has 6 rings (SSSR count). The molecule has 3 aromatic carbocycles. The van der Waals surface area contributed by atoms with E-state index in [0.717, 1.165) is 46.7 Å². The molecule has 0 N–H and O–H groups in total. The van der Waals surface area contributed by atoms with E-state index in [4.69, 9.17) is 4.98 Å². The van der Waals surface area contributed by atoms with Gasteiger partial charge in [0, 0.05) is 61.9 Å². The van der Waals surface area contributed by atoms with Gasteiger partial charge in [0.05, 0.1) is 27.0 Å². The van der Waals surface area contributed by atoms with Crippen LogP contribution >= 0.6 is 11.8 Å². The standard InChI is InChI=1S/C34H34N8O6S/c1-22-8-7-9-24(16-22)21-40-29-11-4-3-10-28(29)31-32(40)35-34(37-36-31)49-15-6-5-12-30(43)38-13-14-39(23(2)20-38)33(44)25-17-26(41(45)46)19-27(18-25)42(47)48/h3-4,7-11,16-19,23H,5-6,12-15,20-21H2,1-2H3. The van der Waals surface area contributed by atoms with Gasteiger partial charge in [-0.3, -0.25) is 29.8 Å². The number of aromatic nitrogens is 4. The summed E-state index contributed by atoms with van der Waals surface area (Å²) in [6, 6.07) is 19.0. The van der Waals surface area contributed by atoms with Crippen molar-refractivity contribution in [1.82, 2.24) is 29.5 Å². The number of nitro groups is 2. The second kappa shape index (κ2) is 14.4. The van der Waals surface area contributed by atoms with E-state index in [1.807, 2.05) is 18.2 Å². The van der Waals surface area contributed by atoms with Crippen molar-refractivity contribution >= 4 is 57.0 Å². The first-order valence-corrected chi connectivity index (χ1v) is 16.9.